The molecule has 0 spiro atoms. The van der Waals surface area contributed by atoms with Crippen LogP contribution in [0.15, 0.2) is 34.9 Å². The number of amides is 2. The fourth-order valence-electron chi connectivity index (χ4n) is 2.57. The van der Waals surface area contributed by atoms with Gasteiger partial charge in [-0.1, -0.05) is 13.8 Å². The van der Waals surface area contributed by atoms with Gasteiger partial charge in [-0.05, 0) is 38.8 Å². The van der Waals surface area contributed by atoms with Crippen molar-refractivity contribution in [1.29, 1.82) is 0 Å². The number of nitrogens with one attached hydrogen (secondary N) is 1. The Bertz CT molecular complexity index is 862. The summed E-state index contributed by atoms with van der Waals surface area (Å²) in [5.74, 6) is -0.376. The highest BCUT2D eigenvalue weighted by molar-refractivity contribution is 5.94. The van der Waals surface area contributed by atoms with Gasteiger partial charge in [-0.25, -0.2) is 4.98 Å². The zero-order chi connectivity index (χ0) is 21.6. The minimum Gasteiger partial charge on any atom is -0.446 e. The normalized spacial score (nSPS) is 12.8. The number of nitrogens with zero attached hydrogens (tertiary/aromatic N) is 3. The van der Waals surface area contributed by atoms with Crippen LogP contribution >= 0.6 is 0 Å². The number of oxazole rings is 1. The molecule has 0 saturated carbocycles. The molecule has 9 heteroatoms. The summed E-state index contributed by atoms with van der Waals surface area (Å²) in [7, 11) is 0. The Balaban J connectivity index is 2.18. The van der Waals surface area contributed by atoms with Crippen molar-refractivity contribution in [2.45, 2.75) is 59.2 Å². The third-order valence-electron chi connectivity index (χ3n) is 4.79. The molecule has 2 rings (SSSR count). The Kier molecular flexibility index (Phi) is 7.46. The lowest BCUT2D eigenvalue weighted by molar-refractivity contribution is -0.384. The van der Waals surface area contributed by atoms with Crippen LogP contribution in [0.5, 0.6) is 0 Å². The average Bonchev–Trinajstić information content (AvgIpc) is 3.19. The first kappa shape index (κ1) is 22.1. The zero-order valence-corrected chi connectivity index (χ0v) is 17.0. The minimum absolute atomic E-state index is 0.0166. The van der Waals surface area contributed by atoms with Gasteiger partial charge < -0.3 is 14.6 Å². The van der Waals surface area contributed by atoms with E-state index >= 15 is 0 Å². The minimum atomic E-state index is -0.514. The van der Waals surface area contributed by atoms with Crippen LogP contribution in [0.2, 0.25) is 0 Å². The molecule has 29 heavy (non-hydrogen) atoms. The molecular formula is C20H26N4O5. The Morgan fingerprint density at radius 3 is 2.41 bits per heavy atom. The predicted octanol–water partition coefficient (Wildman–Crippen LogP) is 3.55. The summed E-state index contributed by atoms with van der Waals surface area (Å²) in [6.07, 6.45) is 2.76. The molecule has 0 bridgehead atoms. The van der Waals surface area contributed by atoms with Gasteiger partial charge in [0, 0.05) is 29.8 Å². The van der Waals surface area contributed by atoms with E-state index in [1.165, 1.54) is 30.5 Å². The van der Waals surface area contributed by atoms with Crippen LogP contribution in [0, 0.1) is 10.1 Å². The van der Waals surface area contributed by atoms with Gasteiger partial charge in [0.25, 0.3) is 17.5 Å². The first-order chi connectivity index (χ1) is 13.8. The van der Waals surface area contributed by atoms with Gasteiger partial charge in [0.05, 0.1) is 11.5 Å². The van der Waals surface area contributed by atoms with Crippen LogP contribution in [0.1, 0.15) is 67.3 Å². The molecule has 1 aromatic heterocycles. The van der Waals surface area contributed by atoms with Crippen LogP contribution in [0.4, 0.5) is 5.69 Å². The molecular weight excluding hydrogens is 376 g/mol. The number of aromatic nitrogens is 1. The maximum absolute atomic E-state index is 13.0. The number of carbonyl (C=O) groups excluding carboxylic acids is 2. The Morgan fingerprint density at radius 1 is 1.21 bits per heavy atom. The van der Waals surface area contributed by atoms with Crippen molar-refractivity contribution in [3.63, 3.8) is 0 Å². The predicted molar refractivity (Wildman–Crippen MR) is 106 cm³/mol. The van der Waals surface area contributed by atoms with E-state index in [0.717, 1.165) is 6.42 Å². The van der Waals surface area contributed by atoms with Crippen molar-refractivity contribution in [1.82, 2.24) is 15.2 Å². The van der Waals surface area contributed by atoms with Crippen molar-refractivity contribution in [3.05, 3.63) is 57.8 Å². The van der Waals surface area contributed by atoms with E-state index in [2.05, 4.69) is 10.3 Å². The van der Waals surface area contributed by atoms with E-state index in [9.17, 15) is 19.7 Å². The van der Waals surface area contributed by atoms with Gasteiger partial charge in [0.15, 0.2) is 5.69 Å². The highest BCUT2D eigenvalue weighted by Crippen LogP contribution is 2.18. The molecule has 2 aromatic rings. The second kappa shape index (κ2) is 9.81. The van der Waals surface area contributed by atoms with Crippen LogP contribution in [-0.2, 0) is 6.54 Å². The first-order valence-corrected chi connectivity index (χ1v) is 9.57. The van der Waals surface area contributed by atoms with Gasteiger partial charge >= 0.3 is 0 Å². The lowest BCUT2D eigenvalue weighted by Crippen LogP contribution is -2.38. The lowest BCUT2D eigenvalue weighted by Gasteiger charge is -2.27. The van der Waals surface area contributed by atoms with Gasteiger partial charge in [0.1, 0.15) is 6.26 Å². The van der Waals surface area contributed by atoms with Crippen LogP contribution in [0.25, 0.3) is 0 Å². The molecule has 1 N–H and O–H groups in total. The number of carbonyl (C=O) groups is 2. The summed E-state index contributed by atoms with van der Waals surface area (Å²) in [4.78, 5) is 41.2. The van der Waals surface area contributed by atoms with Crippen molar-refractivity contribution in [3.8, 4) is 0 Å². The van der Waals surface area contributed by atoms with Crippen LogP contribution in [-0.4, -0.2) is 38.7 Å². The number of nitro groups is 1. The summed E-state index contributed by atoms with van der Waals surface area (Å²) in [6.45, 7) is 7.78. The van der Waals surface area contributed by atoms with Crippen molar-refractivity contribution in [2.75, 3.05) is 0 Å². The smallest absolute Gasteiger partial charge is 0.273 e. The van der Waals surface area contributed by atoms with Crippen LogP contribution < -0.4 is 5.32 Å². The molecule has 0 saturated heterocycles. The van der Waals surface area contributed by atoms with Gasteiger partial charge in [-0.3, -0.25) is 19.7 Å². The maximum atomic E-state index is 13.0. The number of hydrogen-bond acceptors (Lipinski definition) is 6. The van der Waals surface area contributed by atoms with E-state index in [-0.39, 0.29) is 47.7 Å². The van der Waals surface area contributed by atoms with Gasteiger partial charge in [0.2, 0.25) is 5.89 Å². The highest BCUT2D eigenvalue weighted by Gasteiger charge is 2.24. The maximum Gasteiger partial charge on any atom is 0.273 e. The summed E-state index contributed by atoms with van der Waals surface area (Å²) in [6, 6.07) is 5.34. The summed E-state index contributed by atoms with van der Waals surface area (Å²) < 4.78 is 5.41. The topological polar surface area (TPSA) is 119 Å². The second-order valence-electron chi connectivity index (χ2n) is 6.90. The van der Waals surface area contributed by atoms with Crippen LogP contribution in [0.3, 0.4) is 0 Å². The molecule has 2 atom stereocenters. The Hall–Kier alpha value is -3.23. The average molecular weight is 402 g/mol. The van der Waals surface area contributed by atoms with E-state index in [4.69, 9.17) is 4.42 Å². The fraction of sp³-hybridized carbons (Fsp3) is 0.450. The summed E-state index contributed by atoms with van der Waals surface area (Å²) in [5.41, 5.74) is 0.408. The molecule has 0 unspecified atom stereocenters. The molecule has 0 radical (unpaired) electrons. The third kappa shape index (κ3) is 5.63. The van der Waals surface area contributed by atoms with Crippen molar-refractivity contribution in [2.24, 2.45) is 0 Å². The SMILES string of the molecule is CC[C@@H](C)NC(=O)c1coc(CN(C(=O)c2ccc([N+](=O)[O-])cc2)[C@@H](C)CC)n1. The Labute approximate surface area is 169 Å². The van der Waals surface area contributed by atoms with E-state index in [0.29, 0.717) is 12.0 Å². The monoisotopic (exact) mass is 402 g/mol. The van der Waals surface area contributed by atoms with E-state index in [1.807, 2.05) is 27.7 Å². The summed E-state index contributed by atoms with van der Waals surface area (Å²) >= 11 is 0. The number of nitro benzene ring substituents is 1. The molecule has 0 fully saturated rings. The summed E-state index contributed by atoms with van der Waals surface area (Å²) in [5, 5.41) is 13.6. The molecule has 1 heterocycles. The molecule has 9 nitrogen and oxygen atoms in total. The van der Waals surface area contributed by atoms with Crippen molar-refractivity contribution >= 4 is 17.5 Å². The molecule has 0 aliphatic rings. The number of rotatable bonds is 9. The first-order valence-electron chi connectivity index (χ1n) is 9.57. The standard InChI is InChI=1S/C20H26N4O5/c1-5-13(3)21-19(25)17-12-29-18(22-17)11-23(14(4)6-2)20(26)15-7-9-16(10-8-15)24(27)28/h7-10,12-14H,5-6,11H2,1-4H3,(H,21,25)/t13-,14+/m1/s1. The fourth-order valence-corrected chi connectivity index (χ4v) is 2.57. The number of hydrogen-bond donors (Lipinski definition) is 1. The molecule has 1 aromatic carbocycles. The number of benzene rings is 1. The zero-order valence-electron chi connectivity index (χ0n) is 17.0. The second-order valence-corrected chi connectivity index (χ2v) is 6.90. The largest absolute Gasteiger partial charge is 0.446 e. The van der Waals surface area contributed by atoms with Crippen molar-refractivity contribution < 1.29 is 18.9 Å². The third-order valence-corrected chi connectivity index (χ3v) is 4.79. The molecule has 0 aliphatic heterocycles. The highest BCUT2D eigenvalue weighted by atomic mass is 16.6. The lowest BCUT2D eigenvalue weighted by atomic mass is 10.1. The molecule has 2 amide bonds. The molecule has 156 valence electrons. The van der Waals surface area contributed by atoms with Gasteiger partial charge in [-0.15, -0.1) is 0 Å². The quantitative estimate of drug-likeness (QED) is 0.506. The van der Waals surface area contributed by atoms with E-state index in [1.54, 1.807) is 4.90 Å². The Morgan fingerprint density at radius 2 is 1.86 bits per heavy atom. The number of non-ortho nitro benzene ring substituents is 1. The van der Waals surface area contributed by atoms with Gasteiger partial charge in [-0.2, -0.15) is 0 Å². The molecule has 0 aliphatic carbocycles. The van der Waals surface area contributed by atoms with E-state index < -0.39 is 4.92 Å².